The Kier molecular flexibility index (Phi) is 12.4. The van der Waals surface area contributed by atoms with Crippen LogP contribution >= 0.6 is 22.9 Å². The molecular weight excluding hydrogens is 624 g/mol. The molecule has 1 saturated carbocycles. The van der Waals surface area contributed by atoms with Crippen LogP contribution in [0.2, 0.25) is 5.02 Å². The van der Waals surface area contributed by atoms with Crippen molar-refractivity contribution in [1.82, 2.24) is 0 Å². The van der Waals surface area contributed by atoms with Crippen molar-refractivity contribution >= 4 is 44.8 Å². The molecule has 2 fully saturated rings. The normalized spacial score (nSPS) is 30.9. The van der Waals surface area contributed by atoms with Gasteiger partial charge in [0.1, 0.15) is 30.2 Å². The van der Waals surface area contributed by atoms with Crippen molar-refractivity contribution in [2.75, 3.05) is 6.61 Å². The van der Waals surface area contributed by atoms with E-state index in [9.17, 15) is 40.2 Å². The Morgan fingerprint density at radius 1 is 1.13 bits per heavy atom. The Bertz CT molecular complexity index is 1370. The van der Waals surface area contributed by atoms with Crippen LogP contribution in [0.25, 0.3) is 10.1 Å². The number of aryl methyl sites for hydroxylation is 1. The molecule has 0 bridgehead atoms. The molecule has 1 aromatic heterocycles. The standard InChI is InChI=1S/C33H43ClO10S/c1-33(2)30(41)19(9-5-3-4-6-12-25(37)44-32-29(40)28(39)27(38)22(17-35)43-32)20(31(33)42)15-13-18(36)14-16-24-26(34)21-10-7-8-11-23(21)45-24/h3,5,7-8,10-11,13,15,18-20,22,27-29,31-32,35-36,38-40,42H,4,6,9,12,14,16-17H2,1-2H3/t18?,19-,20-,22-,27-,28+,29-,31+,32?/m1/s1. The summed E-state index contributed by atoms with van der Waals surface area (Å²) in [5, 5.41) is 62.4. The highest BCUT2D eigenvalue weighted by atomic mass is 35.5. The third kappa shape index (κ3) is 8.22. The molecule has 12 heteroatoms. The Labute approximate surface area is 271 Å². The van der Waals surface area contributed by atoms with Gasteiger partial charge in [-0.3, -0.25) is 9.59 Å². The van der Waals surface area contributed by atoms with Crippen LogP contribution in [0.4, 0.5) is 0 Å². The third-order valence-corrected chi connectivity index (χ3v) is 10.5. The molecule has 1 saturated heterocycles. The van der Waals surface area contributed by atoms with Crippen LogP contribution < -0.4 is 0 Å². The summed E-state index contributed by atoms with van der Waals surface area (Å²) in [5.41, 5.74) is -0.933. The molecule has 248 valence electrons. The molecule has 2 heterocycles. The summed E-state index contributed by atoms with van der Waals surface area (Å²) in [5.74, 6) is -1.66. The van der Waals surface area contributed by atoms with E-state index in [1.54, 1.807) is 37.3 Å². The first-order valence-electron chi connectivity index (χ1n) is 15.3. The van der Waals surface area contributed by atoms with Gasteiger partial charge in [0.05, 0.1) is 29.3 Å². The van der Waals surface area contributed by atoms with E-state index in [0.717, 1.165) is 15.0 Å². The number of fused-ring (bicyclic) bond motifs is 1. The molecule has 9 atom stereocenters. The molecule has 0 radical (unpaired) electrons. The average Bonchev–Trinajstić information content (AvgIpc) is 3.42. The number of ketones is 1. The maximum Gasteiger partial charge on any atom is 0.308 e. The number of carbonyl (C=O) groups excluding carboxylic acids is 2. The largest absolute Gasteiger partial charge is 0.433 e. The van der Waals surface area contributed by atoms with Crippen molar-refractivity contribution in [3.05, 3.63) is 58.5 Å². The number of allylic oxidation sites excluding steroid dienone is 2. The molecule has 45 heavy (non-hydrogen) atoms. The van der Waals surface area contributed by atoms with E-state index in [0.29, 0.717) is 37.1 Å². The minimum Gasteiger partial charge on any atom is -0.433 e. The first-order chi connectivity index (χ1) is 21.4. The SMILES string of the molecule is CC1(C)C(=O)[C@H](CC=CCCCC(=O)OC2O[C@H](CO)[C@@H](O)[C@H](O)[C@H]2O)[C@@H](C=CC(O)CCc2sc3ccccc3c2Cl)[C@@H]1O. The lowest BCUT2D eigenvalue weighted by molar-refractivity contribution is -0.292. The zero-order valence-corrected chi connectivity index (χ0v) is 26.9. The lowest BCUT2D eigenvalue weighted by Gasteiger charge is -2.39. The number of halogens is 1. The van der Waals surface area contributed by atoms with E-state index in [1.807, 2.05) is 36.4 Å². The summed E-state index contributed by atoms with van der Waals surface area (Å²) >= 11 is 8.15. The highest BCUT2D eigenvalue weighted by Crippen LogP contribution is 2.45. The summed E-state index contributed by atoms with van der Waals surface area (Å²) in [6.45, 7) is 2.83. The summed E-state index contributed by atoms with van der Waals surface area (Å²) in [4.78, 5) is 26.4. The minimum absolute atomic E-state index is 0.0105. The fourth-order valence-corrected chi connectivity index (χ4v) is 7.48. The smallest absolute Gasteiger partial charge is 0.308 e. The van der Waals surface area contributed by atoms with E-state index in [-0.39, 0.29) is 12.2 Å². The van der Waals surface area contributed by atoms with Crippen LogP contribution in [0.3, 0.4) is 0 Å². The van der Waals surface area contributed by atoms with Gasteiger partial charge in [0, 0.05) is 33.2 Å². The summed E-state index contributed by atoms with van der Waals surface area (Å²) in [7, 11) is 0. The van der Waals surface area contributed by atoms with Gasteiger partial charge in [-0.1, -0.05) is 68.0 Å². The van der Waals surface area contributed by atoms with Crippen LogP contribution in [-0.2, 0) is 25.5 Å². The van der Waals surface area contributed by atoms with Crippen molar-refractivity contribution in [2.45, 2.75) is 95.3 Å². The molecule has 4 rings (SSSR count). The van der Waals surface area contributed by atoms with E-state index < -0.39 is 72.7 Å². The Morgan fingerprint density at radius 2 is 1.87 bits per heavy atom. The number of rotatable bonds is 13. The topological polar surface area (TPSA) is 174 Å². The number of carbonyl (C=O) groups is 2. The fourth-order valence-electron chi connectivity index (χ4n) is 5.94. The predicted octanol–water partition coefficient (Wildman–Crippen LogP) is 3.07. The first-order valence-corrected chi connectivity index (χ1v) is 16.5. The summed E-state index contributed by atoms with van der Waals surface area (Å²) in [6.07, 6.45) is 0.248. The van der Waals surface area contributed by atoms with Gasteiger partial charge in [-0.15, -0.1) is 11.3 Å². The van der Waals surface area contributed by atoms with Crippen LogP contribution in [0.15, 0.2) is 48.6 Å². The van der Waals surface area contributed by atoms with Gasteiger partial charge in [0.15, 0.2) is 0 Å². The quantitative estimate of drug-likeness (QED) is 0.106. The molecule has 0 spiro atoms. The lowest BCUT2D eigenvalue weighted by atomic mass is 9.86. The zero-order valence-electron chi connectivity index (χ0n) is 25.4. The molecule has 2 aliphatic rings. The van der Waals surface area contributed by atoms with E-state index >= 15 is 0 Å². The number of benzene rings is 1. The molecule has 0 amide bonds. The maximum atomic E-state index is 13.2. The number of aliphatic hydroxyl groups is 6. The first kappa shape index (κ1) is 35.7. The highest BCUT2D eigenvalue weighted by Gasteiger charge is 2.52. The zero-order chi connectivity index (χ0) is 32.9. The van der Waals surface area contributed by atoms with Gasteiger partial charge in [-0.2, -0.15) is 0 Å². The van der Waals surface area contributed by atoms with Gasteiger partial charge in [0.25, 0.3) is 0 Å². The lowest BCUT2D eigenvalue weighted by Crippen LogP contribution is -2.59. The highest BCUT2D eigenvalue weighted by molar-refractivity contribution is 7.19. The maximum absolute atomic E-state index is 13.2. The van der Waals surface area contributed by atoms with Crippen molar-refractivity contribution in [3.63, 3.8) is 0 Å². The van der Waals surface area contributed by atoms with E-state index in [2.05, 4.69) is 0 Å². The van der Waals surface area contributed by atoms with Gasteiger partial charge in [0.2, 0.25) is 6.29 Å². The molecule has 10 nitrogen and oxygen atoms in total. The minimum atomic E-state index is -1.65. The van der Waals surface area contributed by atoms with Crippen LogP contribution in [-0.4, -0.2) is 91.9 Å². The Morgan fingerprint density at radius 3 is 2.58 bits per heavy atom. The summed E-state index contributed by atoms with van der Waals surface area (Å²) < 4.78 is 11.4. The second kappa shape index (κ2) is 15.6. The molecule has 1 aliphatic heterocycles. The van der Waals surface area contributed by atoms with Crippen molar-refractivity contribution in [3.8, 4) is 0 Å². The fraction of sp³-hybridized carbons (Fsp3) is 0.576. The molecule has 2 aromatic rings. The van der Waals surface area contributed by atoms with Crippen molar-refractivity contribution in [2.24, 2.45) is 17.3 Å². The van der Waals surface area contributed by atoms with Crippen molar-refractivity contribution in [1.29, 1.82) is 0 Å². The van der Waals surface area contributed by atoms with Crippen LogP contribution in [0.1, 0.15) is 50.8 Å². The number of hydrogen-bond donors (Lipinski definition) is 6. The van der Waals surface area contributed by atoms with E-state index in [1.165, 1.54) is 0 Å². The van der Waals surface area contributed by atoms with Crippen molar-refractivity contribution < 1.29 is 49.7 Å². The molecule has 1 aromatic carbocycles. The monoisotopic (exact) mass is 666 g/mol. The number of hydrogen-bond acceptors (Lipinski definition) is 11. The number of unbranched alkanes of at least 4 members (excludes halogenated alkanes) is 1. The number of aliphatic hydroxyl groups excluding tert-OH is 6. The van der Waals surface area contributed by atoms with Gasteiger partial charge in [-0.25, -0.2) is 0 Å². The third-order valence-electron chi connectivity index (χ3n) is 8.77. The van der Waals surface area contributed by atoms with Gasteiger partial charge < -0.3 is 40.1 Å². The number of thiophene rings is 1. The number of ether oxygens (including phenoxy) is 2. The van der Waals surface area contributed by atoms with Gasteiger partial charge >= 0.3 is 5.97 Å². The second-order valence-corrected chi connectivity index (χ2v) is 13.8. The summed E-state index contributed by atoms with van der Waals surface area (Å²) in [6, 6.07) is 7.90. The second-order valence-electron chi connectivity index (χ2n) is 12.3. The molecule has 1 aliphatic carbocycles. The molecule has 2 unspecified atom stereocenters. The van der Waals surface area contributed by atoms with Crippen LogP contribution in [0.5, 0.6) is 0 Å². The Hall–Kier alpha value is -2.19. The Balaban J connectivity index is 1.25. The molecule has 6 N–H and O–H groups in total. The molecular formula is C33H43ClO10S. The van der Waals surface area contributed by atoms with E-state index in [4.69, 9.17) is 21.1 Å². The van der Waals surface area contributed by atoms with Crippen LogP contribution in [0, 0.1) is 17.3 Å². The van der Waals surface area contributed by atoms with Gasteiger partial charge in [-0.05, 0) is 38.2 Å². The average molecular weight is 667 g/mol. The number of esters is 1. The number of Topliss-reactive ketones (excluding diaryl/α,β-unsaturated/α-hetero) is 1. The predicted molar refractivity (Wildman–Crippen MR) is 170 cm³/mol.